The molecule has 2 heterocycles. The van der Waals surface area contributed by atoms with E-state index in [0.717, 1.165) is 22.4 Å². The average Bonchev–Trinajstić information content (AvgIpc) is 3.03. The number of aliphatic hydroxyl groups excluding tert-OH is 1. The van der Waals surface area contributed by atoms with E-state index < -0.39 is 63.8 Å². The molecule has 0 spiro atoms. The summed E-state index contributed by atoms with van der Waals surface area (Å²) in [4.78, 5) is 42.6. The van der Waals surface area contributed by atoms with Crippen molar-refractivity contribution in [3.63, 3.8) is 0 Å². The van der Waals surface area contributed by atoms with Crippen molar-refractivity contribution < 1.29 is 32.3 Å². The first-order valence-electron chi connectivity index (χ1n) is 13.8. The number of rotatable bonds is 8. The fourth-order valence-electron chi connectivity index (χ4n) is 5.07. The molecular weight excluding hydrogens is 578 g/mol. The number of halogens is 4. The van der Waals surface area contributed by atoms with E-state index in [9.17, 15) is 37.1 Å². The minimum Gasteiger partial charge on any atom is -0.507 e. The van der Waals surface area contributed by atoms with Gasteiger partial charge in [0.1, 0.15) is 17.4 Å². The van der Waals surface area contributed by atoms with E-state index >= 15 is 0 Å². The first-order valence-corrected chi connectivity index (χ1v) is 13.8. The van der Waals surface area contributed by atoms with Gasteiger partial charge in [-0.1, -0.05) is 36.4 Å². The number of pyridine rings is 1. The molecule has 226 valence electrons. The predicted octanol–water partition coefficient (Wildman–Crippen LogP) is 4.86. The standard InChI is InChI=1S/C33H27F4N3O4/c34-26-9-5-4-6-22(26)20-40-19-21(16-24-27(35)10-11-28(36)31(24)37)17-25(32(40)43)29(41)18-30(42)33(44)39-14-12-38(13-15-39)23-7-2-1-3-8-23/h1-11,17-19,41H,12-16,20H2. The van der Waals surface area contributed by atoms with E-state index in [2.05, 4.69) is 4.90 Å². The maximum absolute atomic E-state index is 14.5. The molecule has 0 unspecified atom stereocenters. The van der Waals surface area contributed by atoms with Crippen LogP contribution in [0.15, 0.2) is 89.9 Å². The van der Waals surface area contributed by atoms with Crippen molar-refractivity contribution in [2.24, 2.45) is 0 Å². The van der Waals surface area contributed by atoms with Gasteiger partial charge in [-0.2, -0.15) is 0 Å². The SMILES string of the molecule is O=C(C=C(O)c1cc(Cc2c(F)ccc(F)c2F)cn(Cc2ccccc2F)c1=O)C(=O)N1CCN(c2ccccc2)CC1. The molecule has 5 rings (SSSR count). The van der Waals surface area contributed by atoms with E-state index in [4.69, 9.17) is 0 Å². The van der Waals surface area contributed by atoms with Gasteiger partial charge in [0.2, 0.25) is 5.78 Å². The highest BCUT2D eigenvalue weighted by Crippen LogP contribution is 2.22. The Morgan fingerprint density at radius 2 is 1.48 bits per heavy atom. The molecule has 7 nitrogen and oxygen atoms in total. The second kappa shape index (κ2) is 13.0. The number of benzene rings is 3. The van der Waals surface area contributed by atoms with E-state index in [1.165, 1.54) is 29.3 Å². The summed E-state index contributed by atoms with van der Waals surface area (Å²) < 4.78 is 58.2. The summed E-state index contributed by atoms with van der Waals surface area (Å²) in [5, 5.41) is 10.9. The third kappa shape index (κ3) is 6.56. The predicted molar refractivity (Wildman–Crippen MR) is 156 cm³/mol. The second-order valence-corrected chi connectivity index (χ2v) is 10.3. The van der Waals surface area contributed by atoms with Gasteiger partial charge >= 0.3 is 0 Å². The molecule has 0 saturated carbocycles. The lowest BCUT2D eigenvalue weighted by Crippen LogP contribution is -2.50. The van der Waals surface area contributed by atoms with Gasteiger partial charge in [-0.3, -0.25) is 14.4 Å². The molecule has 1 N–H and O–H groups in total. The van der Waals surface area contributed by atoms with Crippen molar-refractivity contribution >= 4 is 23.1 Å². The molecule has 44 heavy (non-hydrogen) atoms. The van der Waals surface area contributed by atoms with E-state index in [1.807, 2.05) is 30.3 Å². The molecule has 11 heteroatoms. The Kier molecular flexibility index (Phi) is 8.94. The van der Waals surface area contributed by atoms with Crippen LogP contribution < -0.4 is 10.5 Å². The summed E-state index contributed by atoms with van der Waals surface area (Å²) in [6.07, 6.45) is 1.28. The number of amides is 1. The van der Waals surface area contributed by atoms with Gasteiger partial charge < -0.3 is 19.5 Å². The van der Waals surface area contributed by atoms with Crippen molar-refractivity contribution in [2.45, 2.75) is 13.0 Å². The Morgan fingerprint density at radius 1 is 0.818 bits per heavy atom. The molecule has 1 saturated heterocycles. The first-order chi connectivity index (χ1) is 21.1. The Hall–Kier alpha value is -5.19. The largest absolute Gasteiger partial charge is 0.507 e. The van der Waals surface area contributed by atoms with Crippen LogP contribution in [-0.2, 0) is 22.6 Å². The molecular formula is C33H27F4N3O4. The normalized spacial score (nSPS) is 13.7. The Labute approximate surface area is 249 Å². The van der Waals surface area contributed by atoms with Gasteiger partial charge in [0.15, 0.2) is 11.6 Å². The van der Waals surface area contributed by atoms with E-state index in [-0.39, 0.29) is 30.8 Å². The lowest BCUT2D eigenvalue weighted by atomic mass is 10.0. The highest BCUT2D eigenvalue weighted by Gasteiger charge is 2.26. The molecule has 0 atom stereocenters. The second-order valence-electron chi connectivity index (χ2n) is 10.3. The monoisotopic (exact) mass is 605 g/mol. The number of hydrogen-bond donors (Lipinski definition) is 1. The molecule has 0 aliphatic carbocycles. The first kappa shape index (κ1) is 30.3. The Bertz CT molecular complexity index is 1800. The van der Waals surface area contributed by atoms with Gasteiger partial charge in [-0.15, -0.1) is 0 Å². The number of anilines is 1. The van der Waals surface area contributed by atoms with Gasteiger partial charge in [0.05, 0.1) is 12.1 Å². The summed E-state index contributed by atoms with van der Waals surface area (Å²) >= 11 is 0. The fourth-order valence-corrected chi connectivity index (χ4v) is 5.07. The third-order valence-electron chi connectivity index (χ3n) is 7.40. The van der Waals surface area contributed by atoms with Gasteiger partial charge in [-0.05, 0) is 42.0 Å². The molecule has 0 radical (unpaired) electrons. The molecule has 0 bridgehead atoms. The number of carbonyl (C=O) groups is 2. The van der Waals surface area contributed by atoms with Crippen LogP contribution in [0.4, 0.5) is 23.2 Å². The average molecular weight is 606 g/mol. The number of ketones is 1. The molecule has 1 aromatic heterocycles. The van der Waals surface area contributed by atoms with Gasteiger partial charge in [0.25, 0.3) is 11.5 Å². The minimum absolute atomic E-state index is 0.0510. The number of aliphatic hydroxyl groups is 1. The van der Waals surface area contributed by atoms with Crippen LogP contribution in [0.5, 0.6) is 0 Å². The van der Waals surface area contributed by atoms with Gasteiger partial charge in [-0.25, -0.2) is 17.6 Å². The van der Waals surface area contributed by atoms with Crippen molar-refractivity contribution in [1.82, 2.24) is 9.47 Å². The topological polar surface area (TPSA) is 82.8 Å². The van der Waals surface area contributed by atoms with Crippen LogP contribution in [0, 0.1) is 23.3 Å². The summed E-state index contributed by atoms with van der Waals surface area (Å²) in [5.74, 6) is -7.18. The van der Waals surface area contributed by atoms with Crippen LogP contribution in [0.25, 0.3) is 5.76 Å². The number of para-hydroxylation sites is 1. The van der Waals surface area contributed by atoms with Crippen LogP contribution in [0.3, 0.4) is 0 Å². The zero-order valence-corrected chi connectivity index (χ0v) is 23.4. The molecule has 1 fully saturated rings. The lowest BCUT2D eigenvalue weighted by Gasteiger charge is -2.35. The molecule has 3 aromatic carbocycles. The fraction of sp³-hybridized carbons (Fsp3) is 0.182. The number of piperazine rings is 1. The summed E-state index contributed by atoms with van der Waals surface area (Å²) in [6, 6.07) is 17.7. The lowest BCUT2D eigenvalue weighted by molar-refractivity contribution is -0.142. The van der Waals surface area contributed by atoms with Crippen molar-refractivity contribution in [1.29, 1.82) is 0 Å². The summed E-state index contributed by atoms with van der Waals surface area (Å²) in [5.41, 5.74) is -0.821. The van der Waals surface area contributed by atoms with Crippen LogP contribution in [0.2, 0.25) is 0 Å². The number of nitrogens with zero attached hydrogens (tertiary/aromatic N) is 3. The van der Waals surface area contributed by atoms with Crippen molar-refractivity contribution in [3.8, 4) is 0 Å². The third-order valence-corrected chi connectivity index (χ3v) is 7.40. The van der Waals surface area contributed by atoms with Crippen LogP contribution in [0.1, 0.15) is 22.3 Å². The van der Waals surface area contributed by atoms with Crippen LogP contribution >= 0.6 is 0 Å². The highest BCUT2D eigenvalue weighted by molar-refractivity contribution is 6.41. The van der Waals surface area contributed by atoms with E-state index in [0.29, 0.717) is 25.2 Å². The van der Waals surface area contributed by atoms with E-state index in [1.54, 1.807) is 6.07 Å². The Morgan fingerprint density at radius 3 is 2.18 bits per heavy atom. The molecule has 1 aliphatic rings. The summed E-state index contributed by atoms with van der Waals surface area (Å²) in [6.45, 7) is 1.14. The summed E-state index contributed by atoms with van der Waals surface area (Å²) in [7, 11) is 0. The van der Waals surface area contributed by atoms with Crippen molar-refractivity contribution in [2.75, 3.05) is 31.1 Å². The van der Waals surface area contributed by atoms with Crippen molar-refractivity contribution in [3.05, 3.63) is 141 Å². The zero-order chi connectivity index (χ0) is 31.4. The minimum atomic E-state index is -1.42. The van der Waals surface area contributed by atoms with Gasteiger partial charge in [0, 0.05) is 61.7 Å². The maximum Gasteiger partial charge on any atom is 0.294 e. The maximum atomic E-state index is 14.5. The molecule has 4 aromatic rings. The zero-order valence-electron chi connectivity index (χ0n) is 23.4. The molecule has 1 aliphatic heterocycles. The number of hydrogen-bond acceptors (Lipinski definition) is 5. The molecule has 1 amide bonds. The smallest absolute Gasteiger partial charge is 0.294 e. The quantitative estimate of drug-likeness (QED) is 0.102. The number of aromatic nitrogens is 1. The highest BCUT2D eigenvalue weighted by atomic mass is 19.2. The Balaban J connectivity index is 1.43. The van der Waals surface area contributed by atoms with Crippen LogP contribution in [-0.4, -0.2) is 52.4 Å². The number of carbonyl (C=O) groups excluding carboxylic acids is 2.